The molecule has 0 bridgehead atoms. The lowest BCUT2D eigenvalue weighted by Gasteiger charge is -2.33. The molecular weight excluding hydrogens is 450 g/mol. The average Bonchev–Trinajstić information content (AvgIpc) is 2.81. The Bertz CT molecular complexity index is 1240. The first-order chi connectivity index (χ1) is 16.3. The Hall–Kier alpha value is -3.20. The second-order valence-corrected chi connectivity index (χ2v) is 10.3. The minimum absolute atomic E-state index is 0.137. The molecule has 3 aromatic carbocycles. The van der Waals surface area contributed by atoms with E-state index in [2.05, 4.69) is 5.32 Å². The van der Waals surface area contributed by atoms with Gasteiger partial charge in [-0.1, -0.05) is 35.9 Å². The van der Waals surface area contributed by atoms with Crippen molar-refractivity contribution in [2.75, 3.05) is 38.0 Å². The average molecular weight is 480 g/mol. The highest BCUT2D eigenvalue weighted by Gasteiger charge is 2.30. The van der Waals surface area contributed by atoms with Gasteiger partial charge in [-0.05, 0) is 61.9 Å². The molecule has 34 heavy (non-hydrogen) atoms. The van der Waals surface area contributed by atoms with Crippen molar-refractivity contribution in [3.8, 4) is 11.5 Å². The summed E-state index contributed by atoms with van der Waals surface area (Å²) >= 11 is 0. The summed E-state index contributed by atoms with van der Waals surface area (Å²) in [5.74, 6) is 1.30. The summed E-state index contributed by atoms with van der Waals surface area (Å²) in [5.41, 5.74) is 2.47. The quantitative estimate of drug-likeness (QED) is 0.553. The number of rotatable bonds is 7. The van der Waals surface area contributed by atoms with Gasteiger partial charge in [0.1, 0.15) is 11.5 Å². The van der Waals surface area contributed by atoms with Crippen LogP contribution in [-0.2, 0) is 14.8 Å². The first kappa shape index (κ1) is 23.9. The molecule has 1 fully saturated rings. The zero-order valence-corrected chi connectivity index (χ0v) is 20.2. The number of anilines is 1. The van der Waals surface area contributed by atoms with Crippen LogP contribution in [0.1, 0.15) is 11.1 Å². The fourth-order valence-electron chi connectivity index (χ4n) is 3.99. The Balaban J connectivity index is 1.27. The molecule has 1 amide bonds. The molecule has 8 heteroatoms. The lowest BCUT2D eigenvalue weighted by atomic mass is 10.2. The van der Waals surface area contributed by atoms with Gasteiger partial charge >= 0.3 is 0 Å². The predicted molar refractivity (Wildman–Crippen MR) is 133 cm³/mol. The summed E-state index contributed by atoms with van der Waals surface area (Å²) in [4.78, 5) is 14.8. The SMILES string of the molecule is Cc1ccc(S(=O)(=O)N2CCN(CC(=O)Nc3ccc(Oc4ccccc4)cc3)CC2)c(C)c1. The second kappa shape index (κ2) is 10.4. The number of hydrogen-bond donors (Lipinski definition) is 1. The van der Waals surface area contributed by atoms with E-state index in [1.54, 1.807) is 30.3 Å². The minimum Gasteiger partial charge on any atom is -0.457 e. The Morgan fingerprint density at radius 2 is 1.53 bits per heavy atom. The maximum absolute atomic E-state index is 13.1. The van der Waals surface area contributed by atoms with Gasteiger partial charge in [0.2, 0.25) is 15.9 Å². The first-order valence-electron chi connectivity index (χ1n) is 11.2. The molecule has 0 aliphatic carbocycles. The summed E-state index contributed by atoms with van der Waals surface area (Å²) in [7, 11) is -3.54. The van der Waals surface area contributed by atoms with Crippen LogP contribution in [0.3, 0.4) is 0 Å². The Morgan fingerprint density at radius 1 is 0.882 bits per heavy atom. The van der Waals surface area contributed by atoms with Gasteiger partial charge < -0.3 is 10.1 Å². The van der Waals surface area contributed by atoms with E-state index in [-0.39, 0.29) is 12.5 Å². The van der Waals surface area contributed by atoms with Crippen LogP contribution in [0.25, 0.3) is 0 Å². The fraction of sp³-hybridized carbons (Fsp3) is 0.269. The zero-order valence-electron chi connectivity index (χ0n) is 19.4. The molecule has 1 saturated heterocycles. The predicted octanol–water partition coefficient (Wildman–Crippen LogP) is 4.04. The summed E-state index contributed by atoms with van der Waals surface area (Å²) in [6.07, 6.45) is 0. The number of carbonyl (C=O) groups excluding carboxylic acids is 1. The third kappa shape index (κ3) is 5.83. The number of nitrogens with zero attached hydrogens (tertiary/aromatic N) is 2. The van der Waals surface area contributed by atoms with Gasteiger partial charge in [0.15, 0.2) is 0 Å². The van der Waals surface area contributed by atoms with Gasteiger partial charge in [-0.3, -0.25) is 9.69 Å². The van der Waals surface area contributed by atoms with Crippen molar-refractivity contribution in [1.29, 1.82) is 0 Å². The van der Waals surface area contributed by atoms with Crippen LogP contribution in [0.15, 0.2) is 77.7 Å². The van der Waals surface area contributed by atoms with Crippen molar-refractivity contribution >= 4 is 21.6 Å². The summed E-state index contributed by atoms with van der Waals surface area (Å²) in [6, 6.07) is 22.1. The molecular formula is C26H29N3O4S. The fourth-order valence-corrected chi connectivity index (χ4v) is 5.62. The topological polar surface area (TPSA) is 79.0 Å². The number of benzene rings is 3. The number of amides is 1. The van der Waals surface area contributed by atoms with Crippen molar-refractivity contribution in [2.45, 2.75) is 18.7 Å². The molecule has 0 radical (unpaired) electrons. The standard InChI is InChI=1S/C26H29N3O4S/c1-20-8-13-25(21(2)18-20)34(31,32)29-16-14-28(15-17-29)19-26(30)27-22-9-11-24(12-10-22)33-23-6-4-3-5-7-23/h3-13,18H,14-17,19H2,1-2H3,(H,27,30). The van der Waals surface area contributed by atoms with Gasteiger partial charge in [0.25, 0.3) is 0 Å². The van der Waals surface area contributed by atoms with E-state index in [9.17, 15) is 13.2 Å². The van der Waals surface area contributed by atoms with Gasteiger partial charge in [-0.25, -0.2) is 8.42 Å². The highest BCUT2D eigenvalue weighted by atomic mass is 32.2. The van der Waals surface area contributed by atoms with Gasteiger partial charge in [-0.15, -0.1) is 0 Å². The molecule has 0 unspecified atom stereocenters. The van der Waals surface area contributed by atoms with E-state index in [1.807, 2.05) is 61.2 Å². The van der Waals surface area contributed by atoms with Crippen LogP contribution in [0.5, 0.6) is 11.5 Å². The number of sulfonamides is 1. The first-order valence-corrected chi connectivity index (χ1v) is 12.7. The molecule has 0 saturated carbocycles. The van der Waals surface area contributed by atoms with Crippen molar-refractivity contribution in [2.24, 2.45) is 0 Å². The zero-order chi connectivity index (χ0) is 24.1. The molecule has 1 N–H and O–H groups in total. The van der Waals surface area contributed by atoms with Crippen LogP contribution in [0.2, 0.25) is 0 Å². The number of para-hydroxylation sites is 1. The number of hydrogen-bond acceptors (Lipinski definition) is 5. The molecule has 3 aromatic rings. The van der Waals surface area contributed by atoms with E-state index in [4.69, 9.17) is 4.74 Å². The number of aryl methyl sites for hydroxylation is 2. The summed E-state index contributed by atoms with van der Waals surface area (Å²) < 4.78 is 33.4. The van der Waals surface area contributed by atoms with Gasteiger partial charge in [0, 0.05) is 31.9 Å². The third-order valence-corrected chi connectivity index (χ3v) is 7.82. The molecule has 4 rings (SSSR count). The molecule has 0 spiro atoms. The molecule has 1 aliphatic rings. The van der Waals surface area contributed by atoms with E-state index in [0.29, 0.717) is 42.5 Å². The lowest BCUT2D eigenvalue weighted by Crippen LogP contribution is -2.50. The molecule has 7 nitrogen and oxygen atoms in total. The van der Waals surface area contributed by atoms with Gasteiger partial charge in [-0.2, -0.15) is 4.31 Å². The molecule has 178 valence electrons. The number of ether oxygens (including phenoxy) is 1. The van der Waals surface area contributed by atoms with Crippen LogP contribution in [-0.4, -0.2) is 56.3 Å². The van der Waals surface area contributed by atoms with Crippen LogP contribution < -0.4 is 10.1 Å². The summed E-state index contributed by atoms with van der Waals surface area (Å²) in [5, 5.41) is 2.89. The van der Waals surface area contributed by atoms with Crippen molar-refractivity contribution in [3.63, 3.8) is 0 Å². The highest BCUT2D eigenvalue weighted by Crippen LogP contribution is 2.24. The van der Waals surface area contributed by atoms with E-state index >= 15 is 0 Å². The summed E-state index contributed by atoms with van der Waals surface area (Å²) in [6.45, 7) is 5.69. The number of carbonyl (C=O) groups is 1. The Morgan fingerprint density at radius 3 is 2.18 bits per heavy atom. The maximum atomic E-state index is 13.1. The lowest BCUT2D eigenvalue weighted by molar-refractivity contribution is -0.117. The van der Waals surface area contributed by atoms with E-state index < -0.39 is 10.0 Å². The van der Waals surface area contributed by atoms with E-state index in [1.165, 1.54) is 4.31 Å². The van der Waals surface area contributed by atoms with Crippen molar-refractivity contribution in [1.82, 2.24) is 9.21 Å². The Kier molecular flexibility index (Phi) is 7.31. The highest BCUT2D eigenvalue weighted by molar-refractivity contribution is 7.89. The van der Waals surface area contributed by atoms with Crippen LogP contribution >= 0.6 is 0 Å². The van der Waals surface area contributed by atoms with Crippen molar-refractivity contribution in [3.05, 3.63) is 83.9 Å². The largest absolute Gasteiger partial charge is 0.457 e. The van der Waals surface area contributed by atoms with Gasteiger partial charge in [0.05, 0.1) is 11.4 Å². The van der Waals surface area contributed by atoms with E-state index in [0.717, 1.165) is 16.9 Å². The Labute approximate surface area is 201 Å². The normalized spacial score (nSPS) is 15.1. The molecule has 0 atom stereocenters. The van der Waals surface area contributed by atoms with Crippen molar-refractivity contribution < 1.29 is 17.9 Å². The number of nitrogens with one attached hydrogen (secondary N) is 1. The molecule has 1 aliphatic heterocycles. The van der Waals surface area contributed by atoms with Crippen LogP contribution in [0.4, 0.5) is 5.69 Å². The smallest absolute Gasteiger partial charge is 0.243 e. The second-order valence-electron chi connectivity index (χ2n) is 8.44. The minimum atomic E-state index is -3.54. The maximum Gasteiger partial charge on any atom is 0.243 e. The van der Waals surface area contributed by atoms with Crippen LogP contribution in [0, 0.1) is 13.8 Å². The third-order valence-electron chi connectivity index (χ3n) is 5.76. The molecule has 1 heterocycles. The number of piperazine rings is 1. The molecule has 0 aromatic heterocycles. The monoisotopic (exact) mass is 479 g/mol.